The molecule has 0 saturated carbocycles. The van der Waals surface area contributed by atoms with Crippen LogP contribution in [0.4, 0.5) is 11.4 Å². The highest BCUT2D eigenvalue weighted by molar-refractivity contribution is 7.89. The van der Waals surface area contributed by atoms with Gasteiger partial charge in [0.25, 0.3) is 0 Å². The van der Waals surface area contributed by atoms with E-state index in [0.29, 0.717) is 25.9 Å². The van der Waals surface area contributed by atoms with Crippen molar-refractivity contribution in [3.63, 3.8) is 0 Å². The molecule has 6 nitrogen and oxygen atoms in total. The number of para-hydroxylation sites is 1. The van der Waals surface area contributed by atoms with Crippen LogP contribution in [0.25, 0.3) is 0 Å². The fourth-order valence-corrected chi connectivity index (χ4v) is 4.67. The van der Waals surface area contributed by atoms with Gasteiger partial charge in [0.05, 0.1) is 4.90 Å². The number of nitrogens with one attached hydrogen (secondary N) is 1. The zero-order valence-corrected chi connectivity index (χ0v) is 17.2. The molecule has 0 atom stereocenters. The zero-order valence-electron chi connectivity index (χ0n) is 16.4. The second kappa shape index (κ2) is 8.75. The summed E-state index contributed by atoms with van der Waals surface area (Å²) in [4.78, 5) is 15.8. The zero-order chi connectivity index (χ0) is 20.1. The molecule has 28 heavy (non-hydrogen) atoms. The summed E-state index contributed by atoms with van der Waals surface area (Å²) in [6.45, 7) is 6.24. The molecule has 0 bridgehead atoms. The van der Waals surface area contributed by atoms with Gasteiger partial charge in [-0.25, -0.2) is 13.1 Å². The van der Waals surface area contributed by atoms with Gasteiger partial charge >= 0.3 is 0 Å². The fraction of sp³-hybridized carbons (Fsp3) is 0.381. The van der Waals surface area contributed by atoms with E-state index in [9.17, 15) is 13.2 Å². The number of amides is 1. The Labute approximate surface area is 167 Å². The first kappa shape index (κ1) is 20.4. The number of benzene rings is 2. The maximum Gasteiger partial charge on any atom is 0.240 e. The summed E-state index contributed by atoms with van der Waals surface area (Å²) < 4.78 is 27.9. The van der Waals surface area contributed by atoms with Gasteiger partial charge in [-0.3, -0.25) is 4.79 Å². The summed E-state index contributed by atoms with van der Waals surface area (Å²) >= 11 is 0. The molecule has 0 fully saturated rings. The standard InChI is InChI=1S/C21H27N3O3S/c1-3-23(19-8-5-4-6-9-19)14-7-13-22-28(26,27)20-10-11-21-18(16-20)12-15-24(21)17(2)25/h4-6,8-11,16,22H,3,7,12-15H2,1-2H3. The van der Waals surface area contributed by atoms with E-state index < -0.39 is 10.0 Å². The number of hydrogen-bond donors (Lipinski definition) is 1. The van der Waals surface area contributed by atoms with Crippen molar-refractivity contribution in [2.75, 3.05) is 36.0 Å². The van der Waals surface area contributed by atoms with Gasteiger partial charge in [-0.05, 0) is 55.7 Å². The van der Waals surface area contributed by atoms with Crippen LogP contribution in [0.2, 0.25) is 0 Å². The molecule has 2 aromatic carbocycles. The minimum Gasteiger partial charge on any atom is -0.372 e. The first-order chi connectivity index (χ1) is 13.4. The molecule has 0 saturated heterocycles. The Morgan fingerprint density at radius 3 is 2.61 bits per heavy atom. The van der Waals surface area contributed by atoms with Crippen LogP contribution < -0.4 is 14.5 Å². The van der Waals surface area contributed by atoms with Crippen LogP contribution in [0, 0.1) is 0 Å². The van der Waals surface area contributed by atoms with Crippen LogP contribution in [0.5, 0.6) is 0 Å². The molecule has 0 aliphatic carbocycles. The Morgan fingerprint density at radius 2 is 1.93 bits per heavy atom. The van der Waals surface area contributed by atoms with E-state index in [4.69, 9.17) is 0 Å². The molecule has 1 N–H and O–H groups in total. The van der Waals surface area contributed by atoms with Gasteiger partial charge in [-0.1, -0.05) is 18.2 Å². The minimum atomic E-state index is -3.56. The second-order valence-electron chi connectivity index (χ2n) is 6.88. The summed E-state index contributed by atoms with van der Waals surface area (Å²) in [5.41, 5.74) is 2.86. The molecule has 0 spiro atoms. The van der Waals surface area contributed by atoms with Crippen LogP contribution in [0.15, 0.2) is 53.4 Å². The van der Waals surface area contributed by atoms with E-state index >= 15 is 0 Å². The van der Waals surface area contributed by atoms with Crippen molar-refractivity contribution in [3.05, 3.63) is 54.1 Å². The summed E-state index contributed by atoms with van der Waals surface area (Å²) in [6, 6.07) is 15.1. The Kier molecular flexibility index (Phi) is 6.36. The van der Waals surface area contributed by atoms with Crippen LogP contribution in [0.1, 0.15) is 25.8 Å². The van der Waals surface area contributed by atoms with E-state index in [1.54, 1.807) is 23.1 Å². The molecular weight excluding hydrogens is 374 g/mol. The lowest BCUT2D eigenvalue weighted by Gasteiger charge is -2.23. The fourth-order valence-electron chi connectivity index (χ4n) is 3.54. The van der Waals surface area contributed by atoms with Crippen molar-refractivity contribution >= 4 is 27.3 Å². The first-order valence-electron chi connectivity index (χ1n) is 9.63. The average molecular weight is 402 g/mol. The lowest BCUT2D eigenvalue weighted by molar-refractivity contribution is -0.116. The number of nitrogens with zero attached hydrogens (tertiary/aromatic N) is 2. The number of sulfonamides is 1. The average Bonchev–Trinajstić information content (AvgIpc) is 3.12. The Hall–Kier alpha value is -2.38. The van der Waals surface area contributed by atoms with Crippen molar-refractivity contribution in [2.24, 2.45) is 0 Å². The third-order valence-electron chi connectivity index (χ3n) is 5.04. The lowest BCUT2D eigenvalue weighted by Crippen LogP contribution is -2.30. The number of anilines is 2. The molecule has 2 aromatic rings. The van der Waals surface area contributed by atoms with Gasteiger partial charge in [0, 0.05) is 44.5 Å². The molecule has 0 unspecified atom stereocenters. The summed E-state index contributed by atoms with van der Waals surface area (Å²) in [5.74, 6) is -0.0219. The number of carbonyl (C=O) groups is 1. The van der Waals surface area contributed by atoms with Crippen molar-refractivity contribution in [1.29, 1.82) is 0 Å². The van der Waals surface area contributed by atoms with Gasteiger partial charge in [0.1, 0.15) is 0 Å². The van der Waals surface area contributed by atoms with Crippen LogP contribution >= 0.6 is 0 Å². The smallest absolute Gasteiger partial charge is 0.240 e. The highest BCUT2D eigenvalue weighted by Gasteiger charge is 2.24. The highest BCUT2D eigenvalue weighted by Crippen LogP contribution is 2.30. The number of rotatable bonds is 8. The van der Waals surface area contributed by atoms with Gasteiger partial charge in [0.15, 0.2) is 0 Å². The van der Waals surface area contributed by atoms with Gasteiger partial charge in [-0.2, -0.15) is 0 Å². The van der Waals surface area contributed by atoms with Crippen molar-refractivity contribution in [1.82, 2.24) is 4.72 Å². The maximum atomic E-state index is 12.6. The van der Waals surface area contributed by atoms with E-state index in [0.717, 1.165) is 30.0 Å². The normalized spacial score (nSPS) is 13.4. The van der Waals surface area contributed by atoms with Crippen LogP contribution in [-0.2, 0) is 21.2 Å². The van der Waals surface area contributed by atoms with Crippen molar-refractivity contribution in [2.45, 2.75) is 31.6 Å². The molecule has 1 amide bonds. The second-order valence-corrected chi connectivity index (χ2v) is 8.64. The Morgan fingerprint density at radius 1 is 1.18 bits per heavy atom. The third-order valence-corrected chi connectivity index (χ3v) is 6.50. The first-order valence-corrected chi connectivity index (χ1v) is 11.1. The molecule has 1 aliphatic heterocycles. The van der Waals surface area contributed by atoms with Gasteiger partial charge < -0.3 is 9.80 Å². The molecule has 1 aliphatic rings. The van der Waals surface area contributed by atoms with E-state index in [1.807, 2.05) is 18.2 Å². The van der Waals surface area contributed by atoms with Crippen molar-refractivity contribution < 1.29 is 13.2 Å². The van der Waals surface area contributed by atoms with E-state index in [1.165, 1.54) is 6.92 Å². The summed E-state index contributed by atoms with van der Waals surface area (Å²) in [7, 11) is -3.56. The van der Waals surface area contributed by atoms with Crippen LogP contribution in [0.3, 0.4) is 0 Å². The largest absolute Gasteiger partial charge is 0.372 e. The predicted molar refractivity (Wildman–Crippen MR) is 112 cm³/mol. The van der Waals surface area contributed by atoms with E-state index in [-0.39, 0.29) is 10.8 Å². The number of fused-ring (bicyclic) bond motifs is 1. The Bertz CT molecular complexity index is 929. The highest BCUT2D eigenvalue weighted by atomic mass is 32.2. The summed E-state index contributed by atoms with van der Waals surface area (Å²) in [6.07, 6.45) is 1.39. The molecular formula is C21H27N3O3S. The molecule has 7 heteroatoms. The Balaban J connectivity index is 1.58. The molecule has 3 rings (SSSR count). The maximum absolute atomic E-state index is 12.6. The molecule has 1 heterocycles. The quantitative estimate of drug-likeness (QED) is 0.691. The van der Waals surface area contributed by atoms with Gasteiger partial charge in [0.2, 0.25) is 15.9 Å². The lowest BCUT2D eigenvalue weighted by atomic mass is 10.2. The topological polar surface area (TPSA) is 69.7 Å². The summed E-state index contributed by atoms with van der Waals surface area (Å²) in [5, 5.41) is 0. The SMILES string of the molecule is CCN(CCCNS(=O)(=O)c1ccc2c(c1)CCN2C(C)=O)c1ccccc1. The van der Waals surface area contributed by atoms with Crippen molar-refractivity contribution in [3.8, 4) is 0 Å². The molecule has 0 radical (unpaired) electrons. The number of carbonyl (C=O) groups excluding carboxylic acids is 1. The predicted octanol–water partition coefficient (Wildman–Crippen LogP) is 2.79. The van der Waals surface area contributed by atoms with Gasteiger partial charge in [-0.15, -0.1) is 0 Å². The molecule has 0 aromatic heterocycles. The monoisotopic (exact) mass is 401 g/mol. The number of hydrogen-bond acceptors (Lipinski definition) is 4. The van der Waals surface area contributed by atoms with E-state index in [2.05, 4.69) is 28.7 Å². The van der Waals surface area contributed by atoms with Crippen LogP contribution in [-0.4, -0.2) is 40.5 Å². The third kappa shape index (κ3) is 4.54. The minimum absolute atomic E-state index is 0.0219. The molecule has 150 valence electrons.